The second-order valence-corrected chi connectivity index (χ2v) is 8.29. The molecule has 8 nitrogen and oxygen atoms in total. The monoisotopic (exact) mass is 430 g/mol. The van der Waals surface area contributed by atoms with Crippen molar-refractivity contribution in [3.63, 3.8) is 0 Å². The van der Waals surface area contributed by atoms with Crippen LogP contribution in [0.3, 0.4) is 0 Å². The van der Waals surface area contributed by atoms with E-state index in [1.54, 1.807) is 32.9 Å². The fourth-order valence-corrected chi connectivity index (χ4v) is 2.99. The van der Waals surface area contributed by atoms with Gasteiger partial charge in [-0.3, -0.25) is 9.59 Å². The van der Waals surface area contributed by atoms with Crippen LogP contribution in [0.15, 0.2) is 24.3 Å². The molecule has 0 saturated heterocycles. The number of rotatable bonds is 10. The number of ether oxygens (including phenoxy) is 1. The van der Waals surface area contributed by atoms with Crippen LogP contribution < -0.4 is 10.6 Å². The number of alkyl carbamates (subject to hydrolysis) is 1. The first-order chi connectivity index (χ1) is 14.6. The van der Waals surface area contributed by atoms with E-state index in [0.717, 1.165) is 24.8 Å². The number of hydrogen-bond donors (Lipinski definition) is 2. The second kappa shape index (κ2) is 12.6. The molecule has 0 radical (unpaired) electrons. The Morgan fingerprint density at radius 2 is 1.84 bits per heavy atom. The zero-order valence-electron chi connectivity index (χ0n) is 19.2. The smallest absolute Gasteiger partial charge is 0.408 e. The van der Waals surface area contributed by atoms with E-state index >= 15 is 0 Å². The van der Waals surface area contributed by atoms with Gasteiger partial charge < -0.3 is 20.3 Å². The van der Waals surface area contributed by atoms with Gasteiger partial charge in [0.15, 0.2) is 0 Å². The van der Waals surface area contributed by atoms with Crippen molar-refractivity contribution in [1.82, 2.24) is 15.5 Å². The van der Waals surface area contributed by atoms with Gasteiger partial charge in [-0.1, -0.05) is 44.0 Å². The molecule has 0 aromatic heterocycles. The van der Waals surface area contributed by atoms with Crippen LogP contribution in [0.2, 0.25) is 0 Å². The molecular formula is C23H34N4O4. The number of unbranched alkanes of at least 4 members (excludes halogenated alkanes) is 2. The van der Waals surface area contributed by atoms with Gasteiger partial charge in [0.1, 0.15) is 24.7 Å². The Morgan fingerprint density at radius 3 is 2.42 bits per heavy atom. The number of carbonyl (C=O) groups excluding carboxylic acids is 3. The Labute approximate surface area is 184 Å². The molecule has 1 atom stereocenters. The van der Waals surface area contributed by atoms with Crippen molar-refractivity contribution in [2.24, 2.45) is 0 Å². The van der Waals surface area contributed by atoms with Gasteiger partial charge in [0.25, 0.3) is 0 Å². The van der Waals surface area contributed by atoms with Gasteiger partial charge in [-0.05, 0) is 45.2 Å². The maximum absolute atomic E-state index is 13.1. The van der Waals surface area contributed by atoms with Crippen LogP contribution in [-0.4, -0.2) is 48.0 Å². The third kappa shape index (κ3) is 9.08. The number of nitriles is 1. The molecule has 1 aromatic rings. The molecule has 0 aliphatic heterocycles. The Hall–Kier alpha value is -3.08. The first-order valence-electron chi connectivity index (χ1n) is 10.6. The number of carbonyl (C=O) groups is 3. The summed E-state index contributed by atoms with van der Waals surface area (Å²) < 4.78 is 5.15. The molecule has 0 bridgehead atoms. The highest BCUT2D eigenvalue weighted by Crippen LogP contribution is 2.24. The molecule has 1 rings (SSSR count). The third-order valence-electron chi connectivity index (χ3n) is 4.47. The molecule has 170 valence electrons. The first kappa shape index (κ1) is 26.0. The Bertz CT molecular complexity index is 796. The van der Waals surface area contributed by atoms with Crippen LogP contribution in [0.4, 0.5) is 4.79 Å². The van der Waals surface area contributed by atoms with E-state index in [2.05, 4.69) is 17.6 Å². The largest absolute Gasteiger partial charge is 0.444 e. The minimum atomic E-state index is -0.976. The zero-order valence-corrected chi connectivity index (χ0v) is 19.2. The van der Waals surface area contributed by atoms with E-state index in [-0.39, 0.29) is 19.0 Å². The van der Waals surface area contributed by atoms with Crippen molar-refractivity contribution >= 4 is 17.9 Å². The van der Waals surface area contributed by atoms with Gasteiger partial charge in [0.2, 0.25) is 11.8 Å². The summed E-state index contributed by atoms with van der Waals surface area (Å²) in [6.07, 6.45) is 2.09. The quantitative estimate of drug-likeness (QED) is 0.437. The number of aryl methyl sites for hydroxylation is 1. The number of benzene rings is 1. The number of hydrogen-bond acceptors (Lipinski definition) is 5. The molecule has 8 heteroatoms. The normalized spacial score (nSPS) is 11.7. The summed E-state index contributed by atoms with van der Waals surface area (Å²) >= 11 is 0. The molecule has 31 heavy (non-hydrogen) atoms. The Morgan fingerprint density at radius 1 is 1.16 bits per heavy atom. The number of nitrogens with zero attached hydrogens (tertiary/aromatic N) is 2. The lowest BCUT2D eigenvalue weighted by molar-refractivity contribution is -0.139. The summed E-state index contributed by atoms with van der Waals surface area (Å²) in [6.45, 7) is 8.87. The van der Waals surface area contributed by atoms with E-state index in [9.17, 15) is 19.6 Å². The molecule has 1 aromatic carbocycles. The maximum Gasteiger partial charge on any atom is 0.408 e. The minimum absolute atomic E-state index is 0.295. The zero-order chi connectivity index (χ0) is 23.4. The van der Waals surface area contributed by atoms with Crippen molar-refractivity contribution in [1.29, 1.82) is 5.26 Å². The predicted octanol–water partition coefficient (Wildman–Crippen LogP) is 3.22. The lowest BCUT2D eigenvalue weighted by atomic mass is 9.98. The van der Waals surface area contributed by atoms with E-state index < -0.39 is 23.6 Å². The molecule has 0 spiro atoms. The van der Waals surface area contributed by atoms with E-state index in [0.29, 0.717) is 12.1 Å². The number of nitrogens with one attached hydrogen (secondary N) is 2. The molecule has 0 aliphatic rings. The average molecular weight is 431 g/mol. The van der Waals surface area contributed by atoms with Gasteiger partial charge in [0, 0.05) is 6.54 Å². The summed E-state index contributed by atoms with van der Waals surface area (Å²) in [5.74, 6) is -0.907. The third-order valence-corrected chi connectivity index (χ3v) is 4.47. The van der Waals surface area contributed by atoms with E-state index in [4.69, 9.17) is 4.74 Å². The van der Waals surface area contributed by atoms with Gasteiger partial charge in [0.05, 0.1) is 6.07 Å². The maximum atomic E-state index is 13.1. The summed E-state index contributed by atoms with van der Waals surface area (Å²) in [5.41, 5.74) is 0.755. The van der Waals surface area contributed by atoms with Gasteiger partial charge >= 0.3 is 6.09 Å². The molecular weight excluding hydrogens is 396 g/mol. The lowest BCUT2D eigenvalue weighted by Gasteiger charge is -2.30. The predicted molar refractivity (Wildman–Crippen MR) is 118 cm³/mol. The molecule has 0 fully saturated rings. The van der Waals surface area contributed by atoms with Crippen molar-refractivity contribution in [2.75, 3.05) is 19.6 Å². The fraction of sp³-hybridized carbons (Fsp3) is 0.565. The first-order valence-corrected chi connectivity index (χ1v) is 10.6. The van der Waals surface area contributed by atoms with Crippen LogP contribution >= 0.6 is 0 Å². The Balaban J connectivity index is 3.08. The highest BCUT2D eigenvalue weighted by Gasteiger charge is 2.32. The summed E-state index contributed by atoms with van der Waals surface area (Å²) in [4.78, 5) is 39.1. The van der Waals surface area contributed by atoms with Crippen LogP contribution in [0, 0.1) is 18.3 Å². The van der Waals surface area contributed by atoms with Crippen molar-refractivity contribution < 1.29 is 19.1 Å². The fourth-order valence-electron chi connectivity index (χ4n) is 2.99. The van der Waals surface area contributed by atoms with E-state index in [1.807, 2.05) is 25.1 Å². The summed E-state index contributed by atoms with van der Waals surface area (Å²) in [7, 11) is 0. The molecule has 0 heterocycles. The standard InChI is InChI=1S/C23H34N4O4/c1-6-7-10-14-25-21(29)20(18-12-9-8-11-17(18)2)27(15-13-24)19(28)16-26-22(30)31-23(3,4)5/h8-9,11-12,20H,6-7,10,14-16H2,1-5H3,(H,25,29)(H,26,30). The number of amides is 3. The highest BCUT2D eigenvalue weighted by molar-refractivity contribution is 5.90. The highest BCUT2D eigenvalue weighted by atomic mass is 16.6. The Kier molecular flexibility index (Phi) is 10.5. The van der Waals surface area contributed by atoms with Crippen molar-refractivity contribution in [3.05, 3.63) is 35.4 Å². The van der Waals surface area contributed by atoms with Crippen LogP contribution in [0.1, 0.15) is 64.1 Å². The van der Waals surface area contributed by atoms with Crippen LogP contribution in [0.25, 0.3) is 0 Å². The van der Waals surface area contributed by atoms with Gasteiger partial charge in [-0.2, -0.15) is 5.26 Å². The molecule has 3 amide bonds. The molecule has 0 saturated carbocycles. The van der Waals surface area contributed by atoms with Crippen molar-refractivity contribution in [3.8, 4) is 6.07 Å². The van der Waals surface area contributed by atoms with Gasteiger partial charge in [-0.25, -0.2) is 4.79 Å². The lowest BCUT2D eigenvalue weighted by Crippen LogP contribution is -2.48. The van der Waals surface area contributed by atoms with E-state index in [1.165, 1.54) is 4.90 Å². The molecule has 2 N–H and O–H groups in total. The van der Waals surface area contributed by atoms with Gasteiger partial charge in [-0.15, -0.1) is 0 Å². The second-order valence-electron chi connectivity index (χ2n) is 8.29. The minimum Gasteiger partial charge on any atom is -0.444 e. The van der Waals surface area contributed by atoms with Crippen molar-refractivity contribution in [2.45, 2.75) is 65.5 Å². The molecule has 0 aliphatic carbocycles. The summed E-state index contributed by atoms with van der Waals surface area (Å²) in [6, 6.07) is 8.22. The topological polar surface area (TPSA) is 112 Å². The summed E-state index contributed by atoms with van der Waals surface area (Å²) in [5, 5.41) is 14.6. The van der Waals surface area contributed by atoms with Crippen LogP contribution in [0.5, 0.6) is 0 Å². The molecule has 1 unspecified atom stereocenters. The SMILES string of the molecule is CCCCCNC(=O)C(c1ccccc1C)N(CC#N)C(=O)CNC(=O)OC(C)(C)C. The van der Waals surface area contributed by atoms with Crippen LogP contribution in [-0.2, 0) is 14.3 Å². The average Bonchev–Trinajstić information content (AvgIpc) is 2.69.